The summed E-state index contributed by atoms with van der Waals surface area (Å²) in [5.74, 6) is 1.74. The first kappa shape index (κ1) is 17.6. The molecule has 1 aliphatic rings. The highest BCUT2D eigenvalue weighted by atomic mass is 16.5. The Morgan fingerprint density at radius 2 is 1.74 bits per heavy atom. The van der Waals surface area contributed by atoms with E-state index in [0.717, 1.165) is 31.9 Å². The smallest absolute Gasteiger partial charge is 0.203 e. The van der Waals surface area contributed by atoms with Crippen molar-refractivity contribution in [2.75, 3.05) is 54.2 Å². The van der Waals surface area contributed by atoms with Crippen molar-refractivity contribution in [3.8, 4) is 17.2 Å². The fraction of sp³-hybridized carbons (Fsp3) is 0.529. The standard InChI is InChI=1S/C17H25NO5/c1-20-15-10-13(11-16(21-2)17(15)22-3)4-5-14(19)12-18-6-8-23-9-7-18/h4-5,10-11,14,19H,6-9,12H2,1-3H3/b5-4-. The normalized spacial score (nSPS) is 17.2. The molecule has 0 saturated carbocycles. The fourth-order valence-electron chi connectivity index (χ4n) is 2.53. The van der Waals surface area contributed by atoms with Gasteiger partial charge in [-0.3, -0.25) is 4.90 Å². The zero-order valence-electron chi connectivity index (χ0n) is 13.9. The predicted octanol–water partition coefficient (Wildman–Crippen LogP) is 1.42. The lowest BCUT2D eigenvalue weighted by Crippen LogP contribution is -2.40. The minimum absolute atomic E-state index is 0.535. The monoisotopic (exact) mass is 323 g/mol. The Morgan fingerprint density at radius 3 is 2.26 bits per heavy atom. The second-order valence-electron chi connectivity index (χ2n) is 5.30. The lowest BCUT2D eigenvalue weighted by molar-refractivity contribution is 0.0223. The van der Waals surface area contributed by atoms with Crippen molar-refractivity contribution in [2.24, 2.45) is 0 Å². The highest BCUT2D eigenvalue weighted by molar-refractivity contribution is 5.62. The number of β-amino-alcohol motifs (C(OH)–C–C–N with tert-alkyl or cyclic N) is 1. The quantitative estimate of drug-likeness (QED) is 0.819. The number of aliphatic hydroxyl groups excluding tert-OH is 1. The van der Waals surface area contributed by atoms with Crippen LogP contribution in [0.2, 0.25) is 0 Å². The van der Waals surface area contributed by atoms with Gasteiger partial charge in [0.15, 0.2) is 11.5 Å². The number of hydrogen-bond donors (Lipinski definition) is 1. The van der Waals surface area contributed by atoms with E-state index in [1.807, 2.05) is 18.2 Å². The van der Waals surface area contributed by atoms with Gasteiger partial charge in [0.2, 0.25) is 5.75 Å². The van der Waals surface area contributed by atoms with E-state index in [0.29, 0.717) is 23.8 Å². The zero-order chi connectivity index (χ0) is 16.7. The van der Waals surface area contributed by atoms with Gasteiger partial charge >= 0.3 is 0 Å². The first-order chi connectivity index (χ1) is 11.2. The number of ether oxygens (including phenoxy) is 4. The van der Waals surface area contributed by atoms with E-state index < -0.39 is 6.10 Å². The van der Waals surface area contributed by atoms with Crippen LogP contribution in [0.3, 0.4) is 0 Å². The Kier molecular flexibility index (Phi) is 6.70. The van der Waals surface area contributed by atoms with Gasteiger partial charge in [0.25, 0.3) is 0 Å². The van der Waals surface area contributed by atoms with Crippen molar-refractivity contribution < 1.29 is 24.1 Å². The maximum absolute atomic E-state index is 10.2. The summed E-state index contributed by atoms with van der Waals surface area (Å²) in [6.07, 6.45) is 3.10. The summed E-state index contributed by atoms with van der Waals surface area (Å²) >= 11 is 0. The van der Waals surface area contributed by atoms with Gasteiger partial charge in [-0.1, -0.05) is 12.2 Å². The molecule has 1 saturated heterocycles. The van der Waals surface area contributed by atoms with Crippen LogP contribution in [0, 0.1) is 0 Å². The molecule has 0 aromatic heterocycles. The number of rotatable bonds is 7. The van der Waals surface area contributed by atoms with Crippen LogP contribution < -0.4 is 14.2 Å². The van der Waals surface area contributed by atoms with Crippen LogP contribution in [-0.4, -0.2) is 70.3 Å². The third-order valence-electron chi connectivity index (χ3n) is 3.75. The second kappa shape index (κ2) is 8.76. The molecule has 1 aromatic carbocycles. The van der Waals surface area contributed by atoms with Gasteiger partial charge < -0.3 is 24.1 Å². The molecule has 6 heteroatoms. The third kappa shape index (κ3) is 4.86. The summed E-state index contributed by atoms with van der Waals surface area (Å²) in [5, 5.41) is 10.2. The predicted molar refractivity (Wildman–Crippen MR) is 88.4 cm³/mol. The molecule has 1 N–H and O–H groups in total. The van der Waals surface area contributed by atoms with Crippen molar-refractivity contribution in [3.63, 3.8) is 0 Å². The number of methoxy groups -OCH3 is 3. The summed E-state index contributed by atoms with van der Waals surface area (Å²) in [7, 11) is 4.73. The third-order valence-corrected chi connectivity index (χ3v) is 3.75. The summed E-state index contributed by atoms with van der Waals surface area (Å²) in [5.41, 5.74) is 0.875. The van der Waals surface area contributed by atoms with E-state index in [1.165, 1.54) is 0 Å². The largest absolute Gasteiger partial charge is 0.493 e. The van der Waals surface area contributed by atoms with E-state index in [-0.39, 0.29) is 0 Å². The van der Waals surface area contributed by atoms with Gasteiger partial charge in [-0.15, -0.1) is 0 Å². The molecule has 0 amide bonds. The highest BCUT2D eigenvalue weighted by Crippen LogP contribution is 2.38. The number of benzene rings is 1. The number of aliphatic hydroxyl groups is 1. The molecule has 2 rings (SSSR count). The Bertz CT molecular complexity index is 501. The van der Waals surface area contributed by atoms with E-state index in [9.17, 15) is 5.11 Å². The maximum Gasteiger partial charge on any atom is 0.203 e. The Hall–Kier alpha value is -1.76. The fourth-order valence-corrected chi connectivity index (χ4v) is 2.53. The minimum atomic E-state index is -0.535. The van der Waals surface area contributed by atoms with Gasteiger partial charge in [0.1, 0.15) is 0 Å². The van der Waals surface area contributed by atoms with Crippen molar-refractivity contribution in [1.82, 2.24) is 4.90 Å². The Morgan fingerprint density at radius 1 is 1.13 bits per heavy atom. The van der Waals surface area contributed by atoms with Crippen molar-refractivity contribution in [2.45, 2.75) is 6.10 Å². The molecule has 1 heterocycles. The molecular weight excluding hydrogens is 298 g/mol. The Balaban J connectivity index is 2.05. The summed E-state index contributed by atoms with van der Waals surface area (Å²) in [6.45, 7) is 3.76. The van der Waals surface area contributed by atoms with Crippen LogP contribution in [0.5, 0.6) is 17.2 Å². The SMILES string of the molecule is COc1cc(/C=C\C(O)CN2CCOCC2)cc(OC)c1OC. The molecular formula is C17H25NO5. The second-order valence-corrected chi connectivity index (χ2v) is 5.30. The molecule has 0 bridgehead atoms. The number of morpholine rings is 1. The summed E-state index contributed by atoms with van der Waals surface area (Å²) < 4.78 is 21.2. The van der Waals surface area contributed by atoms with Gasteiger partial charge in [-0.2, -0.15) is 0 Å². The van der Waals surface area contributed by atoms with Crippen LogP contribution in [0.1, 0.15) is 5.56 Å². The van der Waals surface area contributed by atoms with Crippen LogP contribution in [0.25, 0.3) is 6.08 Å². The molecule has 23 heavy (non-hydrogen) atoms. The van der Waals surface area contributed by atoms with Gasteiger partial charge in [0.05, 0.1) is 40.6 Å². The Labute approximate surface area is 137 Å². The average Bonchev–Trinajstić information content (AvgIpc) is 2.59. The lowest BCUT2D eigenvalue weighted by atomic mass is 10.1. The van der Waals surface area contributed by atoms with Gasteiger partial charge in [-0.05, 0) is 17.7 Å². The van der Waals surface area contributed by atoms with E-state index in [2.05, 4.69) is 4.90 Å². The summed E-state index contributed by atoms with van der Waals surface area (Å²) in [6, 6.07) is 3.69. The first-order valence-corrected chi connectivity index (χ1v) is 7.64. The number of hydrogen-bond acceptors (Lipinski definition) is 6. The molecule has 128 valence electrons. The van der Waals surface area contributed by atoms with Crippen molar-refractivity contribution >= 4 is 6.08 Å². The van der Waals surface area contributed by atoms with E-state index >= 15 is 0 Å². The first-order valence-electron chi connectivity index (χ1n) is 7.64. The maximum atomic E-state index is 10.2. The van der Waals surface area contributed by atoms with Crippen molar-refractivity contribution in [3.05, 3.63) is 23.8 Å². The molecule has 1 atom stereocenters. The number of nitrogens with zero attached hydrogens (tertiary/aromatic N) is 1. The molecule has 0 aliphatic carbocycles. The zero-order valence-corrected chi connectivity index (χ0v) is 13.9. The van der Waals surface area contributed by atoms with E-state index in [4.69, 9.17) is 18.9 Å². The van der Waals surface area contributed by atoms with Gasteiger partial charge in [0, 0.05) is 19.6 Å². The van der Waals surface area contributed by atoms with Crippen LogP contribution in [0.15, 0.2) is 18.2 Å². The minimum Gasteiger partial charge on any atom is -0.493 e. The topological polar surface area (TPSA) is 60.4 Å². The average molecular weight is 323 g/mol. The van der Waals surface area contributed by atoms with Crippen LogP contribution >= 0.6 is 0 Å². The molecule has 1 unspecified atom stereocenters. The molecule has 1 aromatic rings. The highest BCUT2D eigenvalue weighted by Gasteiger charge is 2.14. The molecule has 6 nitrogen and oxygen atoms in total. The summed E-state index contributed by atoms with van der Waals surface area (Å²) in [4.78, 5) is 2.19. The lowest BCUT2D eigenvalue weighted by Gasteiger charge is -2.27. The molecule has 0 radical (unpaired) electrons. The molecule has 1 aliphatic heterocycles. The molecule has 0 spiro atoms. The van der Waals surface area contributed by atoms with E-state index in [1.54, 1.807) is 27.4 Å². The van der Waals surface area contributed by atoms with Gasteiger partial charge in [-0.25, -0.2) is 0 Å². The van der Waals surface area contributed by atoms with Crippen molar-refractivity contribution in [1.29, 1.82) is 0 Å². The van der Waals surface area contributed by atoms with Crippen LogP contribution in [0.4, 0.5) is 0 Å². The van der Waals surface area contributed by atoms with Crippen LogP contribution in [-0.2, 0) is 4.74 Å². The molecule has 1 fully saturated rings.